The van der Waals surface area contributed by atoms with E-state index in [9.17, 15) is 0 Å². The van der Waals surface area contributed by atoms with Crippen LogP contribution in [-0.2, 0) is 10.9 Å². The number of nitrogens with one attached hydrogen (secondary N) is 2. The van der Waals surface area contributed by atoms with Crippen molar-refractivity contribution in [2.75, 3.05) is 14.1 Å². The van der Waals surface area contributed by atoms with Gasteiger partial charge in [0.2, 0.25) is 0 Å². The summed E-state index contributed by atoms with van der Waals surface area (Å²) < 4.78 is 0. The second-order valence-electron chi connectivity index (χ2n) is 11.3. The molecule has 0 aromatic heterocycles. The Bertz CT molecular complexity index is 1200. The third kappa shape index (κ3) is 6.62. The Balaban J connectivity index is 1.50. The lowest BCUT2D eigenvalue weighted by atomic mass is 9.48. The van der Waals surface area contributed by atoms with Crippen LogP contribution in [-0.4, -0.2) is 28.7 Å². The van der Waals surface area contributed by atoms with Crippen molar-refractivity contribution in [3.8, 4) is 0 Å². The summed E-state index contributed by atoms with van der Waals surface area (Å²) in [5.41, 5.74) is 9.65. The summed E-state index contributed by atoms with van der Waals surface area (Å²) >= 11 is 0. The molecule has 0 bridgehead atoms. The van der Waals surface area contributed by atoms with Crippen molar-refractivity contribution in [2.45, 2.75) is 64.1 Å². The predicted octanol–water partition coefficient (Wildman–Crippen LogP) is 7.49. The zero-order chi connectivity index (χ0) is 28.6. The molecule has 40 heavy (non-hydrogen) atoms. The van der Waals surface area contributed by atoms with Gasteiger partial charge in [0, 0.05) is 10.9 Å². The van der Waals surface area contributed by atoms with Gasteiger partial charge in [-0.25, -0.2) is 0 Å². The van der Waals surface area contributed by atoms with Crippen molar-refractivity contribution in [2.24, 2.45) is 0 Å². The first kappa shape index (κ1) is 29.9. The second kappa shape index (κ2) is 13.5. The Hall–Kier alpha value is -3.07. The first-order valence-electron chi connectivity index (χ1n) is 14.7. The summed E-state index contributed by atoms with van der Waals surface area (Å²) in [5, 5.41) is 7.41. The van der Waals surface area contributed by atoms with Gasteiger partial charge in [0.05, 0.1) is 0 Å². The van der Waals surface area contributed by atoms with E-state index in [1.54, 1.807) is 0 Å². The van der Waals surface area contributed by atoms with Crippen molar-refractivity contribution in [3.05, 3.63) is 142 Å². The lowest BCUT2D eigenvalue weighted by Gasteiger charge is -2.36. The van der Waals surface area contributed by atoms with Gasteiger partial charge < -0.3 is 10.6 Å². The number of hydrogen-bond donors (Lipinski definition) is 2. The minimum absolute atomic E-state index is 0.320. The fourth-order valence-corrected chi connectivity index (χ4v) is 6.07. The first-order valence-corrected chi connectivity index (χ1v) is 14.7. The van der Waals surface area contributed by atoms with Crippen LogP contribution < -0.4 is 10.6 Å². The van der Waals surface area contributed by atoms with Crippen LogP contribution in [0.25, 0.3) is 0 Å². The molecule has 0 aliphatic rings. The Morgan fingerprint density at radius 1 is 0.475 bits per heavy atom. The zero-order valence-corrected chi connectivity index (χ0v) is 25.2. The normalized spacial score (nSPS) is 11.8. The molecule has 0 saturated carbocycles. The van der Waals surface area contributed by atoms with Crippen LogP contribution in [0, 0.1) is 27.7 Å². The van der Waals surface area contributed by atoms with Gasteiger partial charge in [-0.3, -0.25) is 0 Å². The van der Waals surface area contributed by atoms with Crippen LogP contribution in [0.5, 0.6) is 0 Å². The van der Waals surface area contributed by atoms with E-state index in [0.29, 0.717) is 0 Å². The Kier molecular flexibility index (Phi) is 10.1. The molecule has 0 aliphatic heterocycles. The fraction of sp³-hybridized carbons (Fsp3) is 0.333. The minimum atomic E-state index is -0.320. The van der Waals surface area contributed by atoms with E-state index in [1.165, 1.54) is 44.5 Å². The molecule has 2 nitrogen and oxygen atoms in total. The lowest BCUT2D eigenvalue weighted by molar-refractivity contribution is 0.595. The smallest absolute Gasteiger partial charge is 0.149 e. The number of rotatable bonds is 13. The molecule has 0 aliphatic carbocycles. The quantitative estimate of drug-likeness (QED) is 0.139. The number of hydrogen-bond acceptors (Lipinski definition) is 2. The average Bonchev–Trinajstić information content (AvgIpc) is 2.95. The molecule has 2 N–H and O–H groups in total. The van der Waals surface area contributed by atoms with E-state index in [4.69, 9.17) is 0 Å². The summed E-state index contributed by atoms with van der Waals surface area (Å²) in [4.78, 5) is 0. The van der Waals surface area contributed by atoms with Crippen LogP contribution in [0.3, 0.4) is 0 Å². The highest BCUT2D eigenvalue weighted by Gasteiger charge is 2.34. The molecule has 0 unspecified atom stereocenters. The maximum Gasteiger partial charge on any atom is 0.149 e. The number of unbranched alkanes of at least 4 members (excludes halogenated alkanes) is 1. The van der Waals surface area contributed by atoms with Crippen molar-refractivity contribution < 1.29 is 0 Å². The summed E-state index contributed by atoms with van der Waals surface area (Å²) in [5.74, 6) is 0. The number of benzene rings is 4. The molecule has 2 radical (unpaired) electrons. The highest BCUT2D eigenvalue weighted by atomic mass is 14.9. The average molecular weight is 526 g/mol. The second-order valence-corrected chi connectivity index (χ2v) is 11.3. The van der Waals surface area contributed by atoms with E-state index in [0.717, 1.165) is 25.5 Å². The summed E-state index contributed by atoms with van der Waals surface area (Å²) in [6, 6.07) is 35.6. The van der Waals surface area contributed by atoms with E-state index in [-0.39, 0.29) is 10.9 Å². The lowest BCUT2D eigenvalue weighted by Crippen LogP contribution is -2.47. The molecule has 4 heteroatoms. The van der Waals surface area contributed by atoms with Gasteiger partial charge in [-0.15, -0.1) is 0 Å². The third-order valence-corrected chi connectivity index (χ3v) is 8.24. The van der Waals surface area contributed by atoms with Crippen LogP contribution in [0.15, 0.2) is 97.1 Å². The Morgan fingerprint density at radius 3 is 0.975 bits per heavy atom. The van der Waals surface area contributed by atoms with E-state index < -0.39 is 0 Å². The van der Waals surface area contributed by atoms with E-state index in [1.807, 2.05) is 0 Å². The summed E-state index contributed by atoms with van der Waals surface area (Å²) in [7, 11) is 9.14. The monoisotopic (exact) mass is 526 g/mol. The molecule has 4 aromatic carbocycles. The summed E-state index contributed by atoms with van der Waals surface area (Å²) in [6.07, 6.45) is 4.30. The molecular formula is C36H44B2N2. The fourth-order valence-electron chi connectivity index (χ4n) is 6.07. The topological polar surface area (TPSA) is 24.1 Å². The van der Waals surface area contributed by atoms with Crippen molar-refractivity contribution in [1.29, 1.82) is 0 Å². The van der Waals surface area contributed by atoms with Gasteiger partial charge >= 0.3 is 0 Å². The zero-order valence-electron chi connectivity index (χ0n) is 25.2. The van der Waals surface area contributed by atoms with E-state index >= 15 is 0 Å². The maximum absolute atomic E-state index is 3.71. The molecule has 0 spiro atoms. The van der Waals surface area contributed by atoms with Gasteiger partial charge in [0.25, 0.3) is 0 Å². The van der Waals surface area contributed by atoms with Gasteiger partial charge in [-0.2, -0.15) is 0 Å². The molecule has 0 atom stereocenters. The predicted molar refractivity (Wildman–Crippen MR) is 175 cm³/mol. The van der Waals surface area contributed by atoms with Crippen LogP contribution >= 0.6 is 0 Å². The minimum Gasteiger partial charge on any atom is -0.314 e. The maximum atomic E-state index is 3.71. The standard InChI is InChI=1S/C36H44B2N2/c1-27-13-9-17-31(23-27)35(39-5,32-18-10-14-28(2)24-32)37-21-7-8-22-38-36(40-6,33-19-11-15-29(3)25-33)34-20-12-16-30(4)26-34/h9-20,23-26,39-40H,7-8,21-22H2,1-6H3. The van der Waals surface area contributed by atoms with Crippen molar-refractivity contribution in [1.82, 2.24) is 10.6 Å². The molecule has 0 fully saturated rings. The largest absolute Gasteiger partial charge is 0.314 e. The summed E-state index contributed by atoms with van der Waals surface area (Å²) in [6.45, 7) is 8.69. The molecule has 4 rings (SSSR count). The third-order valence-electron chi connectivity index (χ3n) is 8.24. The SMILES string of the molecule is CNC([B]CCCC[B]C(NC)(c1cccc(C)c1)c1cccc(C)c1)(c1cccc(C)c1)c1cccc(C)c1. The van der Waals surface area contributed by atoms with E-state index in [2.05, 4.69) is 164 Å². The molecule has 0 amide bonds. The van der Waals surface area contributed by atoms with Gasteiger partial charge in [0.1, 0.15) is 14.6 Å². The molecular weight excluding hydrogens is 482 g/mol. The van der Waals surface area contributed by atoms with Crippen LogP contribution in [0.1, 0.15) is 57.3 Å². The van der Waals surface area contributed by atoms with Crippen LogP contribution in [0.4, 0.5) is 0 Å². The number of aryl methyl sites for hydroxylation is 4. The Morgan fingerprint density at radius 2 is 0.750 bits per heavy atom. The van der Waals surface area contributed by atoms with Crippen molar-refractivity contribution in [3.63, 3.8) is 0 Å². The highest BCUT2D eigenvalue weighted by molar-refractivity contribution is 6.42. The molecule has 204 valence electrons. The van der Waals surface area contributed by atoms with Crippen molar-refractivity contribution >= 4 is 14.6 Å². The highest BCUT2D eigenvalue weighted by Crippen LogP contribution is 2.33. The first-order chi connectivity index (χ1) is 19.3. The molecule has 0 saturated heterocycles. The molecule has 0 heterocycles. The van der Waals surface area contributed by atoms with Crippen LogP contribution in [0.2, 0.25) is 12.6 Å². The van der Waals surface area contributed by atoms with Gasteiger partial charge in [-0.05, 0) is 64.0 Å². The molecule has 4 aromatic rings. The Labute approximate surface area is 244 Å². The van der Waals surface area contributed by atoms with Gasteiger partial charge in [-0.1, -0.05) is 145 Å². The van der Waals surface area contributed by atoms with Gasteiger partial charge in [0.15, 0.2) is 0 Å².